The Bertz CT molecular complexity index is 1040. The summed E-state index contributed by atoms with van der Waals surface area (Å²) in [4.78, 5) is 32.1. The first-order chi connectivity index (χ1) is 17.0. The average Bonchev–Trinajstić information content (AvgIpc) is 3.12. The van der Waals surface area contributed by atoms with Crippen LogP contribution in [0.15, 0.2) is 48.5 Å². The Morgan fingerprint density at radius 2 is 1.60 bits per heavy atom. The van der Waals surface area contributed by atoms with Crippen LogP contribution in [0.3, 0.4) is 0 Å². The minimum absolute atomic E-state index is 0.0131. The molecular formula is C25H30N4O5S. The van der Waals surface area contributed by atoms with E-state index in [4.69, 9.17) is 26.4 Å². The number of amides is 2. The number of hydrogen-bond donors (Lipinski definition) is 1. The number of carbonyl (C=O) groups excluding carboxylic acids is 2. The standard InChI is InChI=1S/C25H30N4O5S/c1-32-20-7-3-18(4-8-20)26-23(30)17-22-24(31)29(19-5-9-21(33-2)10-6-19)25(35)28(22)12-11-27-13-15-34-16-14-27/h3-10,22H,11-17H2,1-2H3,(H,26,30)/t22-/m0/s1. The lowest BCUT2D eigenvalue weighted by Crippen LogP contribution is -2.45. The van der Waals surface area contributed by atoms with E-state index in [2.05, 4.69) is 10.2 Å². The van der Waals surface area contributed by atoms with Crippen LogP contribution < -0.4 is 19.7 Å². The first kappa shape index (κ1) is 24.9. The molecule has 2 aliphatic rings. The quantitative estimate of drug-likeness (QED) is 0.528. The molecule has 0 radical (unpaired) electrons. The van der Waals surface area contributed by atoms with E-state index in [1.807, 2.05) is 4.90 Å². The van der Waals surface area contributed by atoms with Crippen LogP contribution in [-0.2, 0) is 14.3 Å². The van der Waals surface area contributed by atoms with E-state index in [1.165, 1.54) is 4.90 Å². The third kappa shape index (κ3) is 5.90. The maximum absolute atomic E-state index is 13.5. The molecule has 35 heavy (non-hydrogen) atoms. The number of nitrogens with one attached hydrogen (secondary N) is 1. The van der Waals surface area contributed by atoms with Gasteiger partial charge in [-0.05, 0) is 60.7 Å². The summed E-state index contributed by atoms with van der Waals surface area (Å²) in [6, 6.07) is 13.5. The lowest BCUT2D eigenvalue weighted by atomic mass is 10.1. The van der Waals surface area contributed by atoms with Crippen molar-refractivity contribution in [3.8, 4) is 11.5 Å². The van der Waals surface area contributed by atoms with Crippen LogP contribution in [-0.4, -0.2) is 86.4 Å². The van der Waals surface area contributed by atoms with E-state index in [1.54, 1.807) is 62.8 Å². The highest BCUT2D eigenvalue weighted by Gasteiger charge is 2.44. The summed E-state index contributed by atoms with van der Waals surface area (Å²) in [6.45, 7) is 4.31. The molecule has 2 saturated heterocycles. The molecule has 2 aliphatic heterocycles. The molecule has 0 aliphatic carbocycles. The molecule has 2 amide bonds. The van der Waals surface area contributed by atoms with Crippen LogP contribution in [0.25, 0.3) is 0 Å². The summed E-state index contributed by atoms with van der Waals surface area (Å²) in [5, 5.41) is 3.27. The van der Waals surface area contributed by atoms with Gasteiger partial charge in [-0.3, -0.25) is 19.4 Å². The van der Waals surface area contributed by atoms with E-state index in [9.17, 15) is 9.59 Å². The van der Waals surface area contributed by atoms with E-state index in [0.717, 1.165) is 19.6 Å². The van der Waals surface area contributed by atoms with Gasteiger partial charge in [-0.15, -0.1) is 0 Å². The van der Waals surface area contributed by atoms with Crippen molar-refractivity contribution in [3.63, 3.8) is 0 Å². The van der Waals surface area contributed by atoms with Crippen LogP contribution in [0.1, 0.15) is 6.42 Å². The predicted molar refractivity (Wildman–Crippen MR) is 137 cm³/mol. The third-order valence-corrected chi connectivity index (χ3v) is 6.58. The normalized spacial score (nSPS) is 18.6. The van der Waals surface area contributed by atoms with Crippen molar-refractivity contribution in [1.82, 2.24) is 9.80 Å². The molecule has 0 unspecified atom stereocenters. The van der Waals surface area contributed by atoms with Gasteiger partial charge in [0.1, 0.15) is 17.5 Å². The van der Waals surface area contributed by atoms with Crippen LogP contribution >= 0.6 is 12.2 Å². The number of hydrogen-bond acceptors (Lipinski definition) is 7. The number of anilines is 2. The summed E-state index contributed by atoms with van der Waals surface area (Å²) in [5.74, 6) is 0.908. The van der Waals surface area contributed by atoms with Crippen LogP contribution in [0.5, 0.6) is 11.5 Å². The molecule has 9 nitrogen and oxygen atoms in total. The molecule has 2 aromatic rings. The molecule has 2 aromatic carbocycles. The van der Waals surface area contributed by atoms with Crippen molar-refractivity contribution >= 4 is 40.5 Å². The second kappa shape index (κ2) is 11.5. The van der Waals surface area contributed by atoms with Gasteiger partial charge in [-0.2, -0.15) is 0 Å². The van der Waals surface area contributed by atoms with E-state index in [-0.39, 0.29) is 18.2 Å². The second-order valence-electron chi connectivity index (χ2n) is 8.30. The Balaban J connectivity index is 1.50. The topological polar surface area (TPSA) is 83.6 Å². The summed E-state index contributed by atoms with van der Waals surface area (Å²) < 4.78 is 15.8. The third-order valence-electron chi connectivity index (χ3n) is 6.16. The second-order valence-corrected chi connectivity index (χ2v) is 8.66. The number of benzene rings is 2. The smallest absolute Gasteiger partial charge is 0.256 e. The van der Waals surface area contributed by atoms with Crippen molar-refractivity contribution < 1.29 is 23.8 Å². The van der Waals surface area contributed by atoms with Crippen molar-refractivity contribution in [1.29, 1.82) is 0 Å². The van der Waals surface area contributed by atoms with Gasteiger partial charge >= 0.3 is 0 Å². The van der Waals surface area contributed by atoms with Crippen molar-refractivity contribution in [3.05, 3.63) is 48.5 Å². The fraction of sp³-hybridized carbons (Fsp3) is 0.400. The molecule has 1 atom stereocenters. The molecule has 0 spiro atoms. The van der Waals surface area contributed by atoms with Gasteiger partial charge in [0.25, 0.3) is 5.91 Å². The van der Waals surface area contributed by atoms with Gasteiger partial charge in [0.05, 0.1) is 39.5 Å². The lowest BCUT2D eigenvalue weighted by molar-refractivity contribution is -0.124. The zero-order valence-electron chi connectivity index (χ0n) is 19.9. The monoisotopic (exact) mass is 498 g/mol. The number of ether oxygens (including phenoxy) is 3. The zero-order valence-corrected chi connectivity index (χ0v) is 20.8. The number of morpholine rings is 1. The highest BCUT2D eigenvalue weighted by atomic mass is 32.1. The Kier molecular flexibility index (Phi) is 8.17. The van der Waals surface area contributed by atoms with Gasteiger partial charge in [0.2, 0.25) is 5.91 Å². The minimum Gasteiger partial charge on any atom is -0.497 e. The van der Waals surface area contributed by atoms with E-state index >= 15 is 0 Å². The number of nitrogens with zero attached hydrogens (tertiary/aromatic N) is 3. The van der Waals surface area contributed by atoms with Gasteiger partial charge < -0.3 is 24.4 Å². The van der Waals surface area contributed by atoms with Crippen molar-refractivity contribution in [2.75, 3.05) is 63.8 Å². The number of rotatable bonds is 9. The molecule has 10 heteroatoms. The Morgan fingerprint density at radius 3 is 2.20 bits per heavy atom. The lowest BCUT2D eigenvalue weighted by Gasteiger charge is -2.30. The van der Waals surface area contributed by atoms with Crippen LogP contribution in [0, 0.1) is 0 Å². The largest absolute Gasteiger partial charge is 0.497 e. The van der Waals surface area contributed by atoms with Gasteiger partial charge in [-0.1, -0.05) is 0 Å². The molecular weight excluding hydrogens is 468 g/mol. The highest BCUT2D eigenvalue weighted by Crippen LogP contribution is 2.29. The average molecular weight is 499 g/mol. The fourth-order valence-corrected chi connectivity index (χ4v) is 4.61. The summed E-state index contributed by atoms with van der Waals surface area (Å²) in [6.07, 6.45) is -0.0131. The number of methoxy groups -OCH3 is 2. The Hall–Kier alpha value is -3.21. The van der Waals surface area contributed by atoms with Crippen LogP contribution in [0.4, 0.5) is 11.4 Å². The fourth-order valence-electron chi connectivity index (χ4n) is 4.19. The molecule has 0 saturated carbocycles. The van der Waals surface area contributed by atoms with E-state index in [0.29, 0.717) is 47.7 Å². The van der Waals surface area contributed by atoms with Gasteiger partial charge in [0.15, 0.2) is 5.11 Å². The maximum atomic E-state index is 13.5. The van der Waals surface area contributed by atoms with Gasteiger partial charge in [-0.25, -0.2) is 0 Å². The van der Waals surface area contributed by atoms with Gasteiger partial charge in [0, 0.05) is 31.9 Å². The molecule has 4 rings (SSSR count). The first-order valence-electron chi connectivity index (χ1n) is 11.5. The molecule has 1 N–H and O–H groups in total. The van der Waals surface area contributed by atoms with Crippen LogP contribution in [0.2, 0.25) is 0 Å². The summed E-state index contributed by atoms with van der Waals surface area (Å²) >= 11 is 5.75. The number of thiocarbonyl (C=S) groups is 1. The predicted octanol–water partition coefficient (Wildman–Crippen LogP) is 2.37. The zero-order chi connectivity index (χ0) is 24.8. The minimum atomic E-state index is -0.691. The van der Waals surface area contributed by atoms with E-state index < -0.39 is 6.04 Å². The molecule has 2 heterocycles. The summed E-state index contributed by atoms with van der Waals surface area (Å²) in [5.41, 5.74) is 1.28. The SMILES string of the molecule is COc1ccc(NC(=O)C[C@H]2C(=O)N(c3ccc(OC)cc3)C(=S)N2CCN2CCOCC2)cc1. The molecule has 2 fully saturated rings. The Morgan fingerprint density at radius 1 is 1.00 bits per heavy atom. The highest BCUT2D eigenvalue weighted by molar-refractivity contribution is 7.80. The van der Waals surface area contributed by atoms with Crippen molar-refractivity contribution in [2.45, 2.75) is 12.5 Å². The molecule has 186 valence electrons. The number of carbonyl (C=O) groups is 2. The van der Waals surface area contributed by atoms with Crippen molar-refractivity contribution in [2.24, 2.45) is 0 Å². The Labute approximate surface area is 210 Å². The first-order valence-corrected chi connectivity index (χ1v) is 11.9. The molecule has 0 bridgehead atoms. The summed E-state index contributed by atoms with van der Waals surface area (Å²) in [7, 11) is 3.17. The molecule has 0 aromatic heterocycles. The maximum Gasteiger partial charge on any atom is 0.256 e.